The normalized spacial score (nSPS) is 16.5. The highest BCUT2D eigenvalue weighted by Crippen LogP contribution is 2.28. The monoisotopic (exact) mass is 882 g/mol. The first-order valence-corrected chi connectivity index (χ1v) is 22.0. The molecule has 15 nitrogen and oxygen atoms in total. The predicted octanol–water partition coefficient (Wildman–Crippen LogP) is 2.78. The fraction of sp³-hybridized carbons (Fsp3) is 0.360. The lowest BCUT2D eigenvalue weighted by Gasteiger charge is -2.37. The van der Waals surface area contributed by atoms with Gasteiger partial charge in [0.1, 0.15) is 29.3 Å². The van der Waals surface area contributed by atoms with E-state index in [2.05, 4.69) is 20.6 Å². The quantitative estimate of drug-likeness (QED) is 0.0862. The molecule has 0 saturated heterocycles. The molecule has 65 heavy (non-hydrogen) atoms. The summed E-state index contributed by atoms with van der Waals surface area (Å²) in [5.74, 6) is -1.13. The standard InChI is InChI=1S/C50H58N8O7/c1-28-17-37(59)18-29(2)39(28)23-41(51)49(64)57-26-34-11-7-5-9-32(34)21-44(57)47(62)53-15-13-36-25-55-43(46(61)56-36)14-16-54-48(63)45-22-33-10-6-8-12-35(33)27-58(45)50(65)42(52)24-40-30(3)19-38(60)20-31(40)4/h5-12,17-20,25,41-42,44-45,59-60H,13-16,21-24,26-27,51-52H2,1-4H3,(H,53,62)(H,54,63)(H,56,61). The van der Waals surface area contributed by atoms with Gasteiger partial charge in [0, 0.05) is 63.8 Å². The Morgan fingerprint density at radius 1 is 0.677 bits per heavy atom. The Labute approximate surface area is 378 Å². The molecule has 4 amide bonds. The van der Waals surface area contributed by atoms with Gasteiger partial charge in [-0.3, -0.25) is 29.0 Å². The maximum absolute atomic E-state index is 13.9. The summed E-state index contributed by atoms with van der Waals surface area (Å²) in [6.07, 6.45) is 3.04. The molecule has 0 saturated carbocycles. The van der Waals surface area contributed by atoms with Gasteiger partial charge in [0.2, 0.25) is 23.6 Å². The molecular formula is C50H58N8O7. The number of nitrogens with two attached hydrogens (primary N) is 2. The summed E-state index contributed by atoms with van der Waals surface area (Å²) in [4.78, 5) is 78.9. The number of phenols is 2. The number of aryl methyl sites for hydroxylation is 4. The number of aromatic nitrogens is 2. The summed E-state index contributed by atoms with van der Waals surface area (Å²) in [5.41, 5.74) is 22.2. The Balaban J connectivity index is 0.943. The van der Waals surface area contributed by atoms with Gasteiger partial charge in [-0.05, 0) is 120 Å². The van der Waals surface area contributed by atoms with Gasteiger partial charge in [0.15, 0.2) is 0 Å². The molecule has 7 rings (SSSR count). The smallest absolute Gasteiger partial charge is 0.269 e. The molecule has 0 fully saturated rings. The Morgan fingerprint density at radius 2 is 1.08 bits per heavy atom. The molecule has 0 bridgehead atoms. The number of aromatic amines is 1. The number of benzene rings is 4. The summed E-state index contributed by atoms with van der Waals surface area (Å²) in [6.45, 7) is 8.16. The fourth-order valence-electron chi connectivity index (χ4n) is 9.23. The van der Waals surface area contributed by atoms with Crippen LogP contribution in [0.5, 0.6) is 11.5 Å². The van der Waals surface area contributed by atoms with Gasteiger partial charge in [-0.2, -0.15) is 0 Å². The molecule has 9 N–H and O–H groups in total. The van der Waals surface area contributed by atoms with Crippen molar-refractivity contribution in [3.63, 3.8) is 0 Å². The highest BCUT2D eigenvalue weighted by Gasteiger charge is 2.38. The average molecular weight is 883 g/mol. The maximum atomic E-state index is 13.9. The topological polar surface area (TPSA) is 237 Å². The lowest BCUT2D eigenvalue weighted by molar-refractivity contribution is -0.142. The number of carbonyl (C=O) groups is 4. The van der Waals surface area contributed by atoms with Crippen molar-refractivity contribution in [1.29, 1.82) is 0 Å². The summed E-state index contributed by atoms with van der Waals surface area (Å²) in [6, 6.07) is 18.5. The molecule has 0 radical (unpaired) electrons. The number of amides is 4. The number of rotatable bonds is 14. The molecule has 5 aromatic rings. The van der Waals surface area contributed by atoms with E-state index in [4.69, 9.17) is 11.5 Å². The molecule has 4 atom stereocenters. The zero-order valence-electron chi connectivity index (χ0n) is 37.3. The van der Waals surface area contributed by atoms with E-state index in [1.54, 1.807) is 29.2 Å². The second kappa shape index (κ2) is 19.9. The van der Waals surface area contributed by atoms with Crippen molar-refractivity contribution in [3.05, 3.63) is 156 Å². The summed E-state index contributed by atoms with van der Waals surface area (Å²) in [7, 11) is 0. The number of H-pyrrole nitrogens is 1. The third kappa shape index (κ3) is 10.6. The second-order valence-corrected chi connectivity index (χ2v) is 17.4. The van der Waals surface area contributed by atoms with Crippen molar-refractivity contribution in [2.75, 3.05) is 13.1 Å². The van der Waals surface area contributed by atoms with Crippen LogP contribution < -0.4 is 27.7 Å². The first-order valence-electron chi connectivity index (χ1n) is 22.0. The zero-order chi connectivity index (χ0) is 46.5. The van der Waals surface area contributed by atoms with Crippen LogP contribution in [0, 0.1) is 27.7 Å². The molecule has 1 aromatic heterocycles. The van der Waals surface area contributed by atoms with Crippen LogP contribution in [0.3, 0.4) is 0 Å². The summed E-state index contributed by atoms with van der Waals surface area (Å²) < 4.78 is 0. The van der Waals surface area contributed by atoms with Crippen LogP contribution in [-0.4, -0.2) is 90.9 Å². The van der Waals surface area contributed by atoms with Crippen LogP contribution in [0.25, 0.3) is 0 Å². The SMILES string of the molecule is Cc1cc(O)cc(C)c1CC(N)C(=O)N1Cc2ccccc2CC1C(=O)NCCc1cnc(CCNC(=O)C2Cc3ccccc3CN2C(=O)C(N)Cc2c(C)cc(O)cc2C)c(=O)[nH]1. The Kier molecular flexibility index (Phi) is 14.1. The number of nitrogens with one attached hydrogen (secondary N) is 3. The highest BCUT2D eigenvalue weighted by atomic mass is 16.3. The lowest BCUT2D eigenvalue weighted by atomic mass is 9.91. The van der Waals surface area contributed by atoms with E-state index in [0.717, 1.165) is 55.6 Å². The molecule has 4 unspecified atom stereocenters. The molecule has 2 aliphatic heterocycles. The van der Waals surface area contributed by atoms with Gasteiger partial charge in [0.25, 0.3) is 5.56 Å². The Bertz CT molecular complexity index is 2630. The van der Waals surface area contributed by atoms with Crippen molar-refractivity contribution in [3.8, 4) is 11.5 Å². The molecule has 0 spiro atoms. The largest absolute Gasteiger partial charge is 0.508 e. The maximum Gasteiger partial charge on any atom is 0.269 e. The van der Waals surface area contributed by atoms with Gasteiger partial charge >= 0.3 is 0 Å². The van der Waals surface area contributed by atoms with Crippen LogP contribution in [-0.2, 0) is 70.8 Å². The van der Waals surface area contributed by atoms with E-state index in [1.165, 1.54) is 11.1 Å². The van der Waals surface area contributed by atoms with E-state index in [9.17, 15) is 34.2 Å². The number of hydrogen-bond acceptors (Lipinski definition) is 10. The molecule has 340 valence electrons. The number of carbonyl (C=O) groups excluding carboxylic acids is 4. The first-order chi connectivity index (χ1) is 31.1. The van der Waals surface area contributed by atoms with Gasteiger partial charge in [0.05, 0.1) is 12.1 Å². The fourth-order valence-corrected chi connectivity index (χ4v) is 9.23. The van der Waals surface area contributed by atoms with Crippen LogP contribution in [0.15, 0.2) is 83.8 Å². The highest BCUT2D eigenvalue weighted by molar-refractivity contribution is 5.91. The van der Waals surface area contributed by atoms with E-state index in [-0.39, 0.29) is 92.7 Å². The van der Waals surface area contributed by atoms with E-state index in [0.29, 0.717) is 18.5 Å². The van der Waals surface area contributed by atoms with Crippen molar-refractivity contribution < 1.29 is 29.4 Å². The third-order valence-electron chi connectivity index (χ3n) is 12.8. The minimum atomic E-state index is -0.920. The van der Waals surface area contributed by atoms with E-state index in [1.807, 2.05) is 76.2 Å². The van der Waals surface area contributed by atoms with Crippen molar-refractivity contribution in [2.24, 2.45) is 11.5 Å². The number of phenolic OH excluding ortho intramolecular Hbond substituents is 2. The van der Waals surface area contributed by atoms with Crippen molar-refractivity contribution in [1.82, 2.24) is 30.4 Å². The first kappa shape index (κ1) is 46.2. The number of fused-ring (bicyclic) bond motifs is 2. The summed E-state index contributed by atoms with van der Waals surface area (Å²) in [5, 5.41) is 25.9. The van der Waals surface area contributed by atoms with Gasteiger partial charge in [-0.15, -0.1) is 0 Å². The van der Waals surface area contributed by atoms with Crippen LogP contribution >= 0.6 is 0 Å². The molecular weight excluding hydrogens is 825 g/mol. The predicted molar refractivity (Wildman–Crippen MR) is 246 cm³/mol. The van der Waals surface area contributed by atoms with Crippen LogP contribution in [0.1, 0.15) is 67.0 Å². The second-order valence-electron chi connectivity index (χ2n) is 17.4. The van der Waals surface area contributed by atoms with Crippen LogP contribution in [0.2, 0.25) is 0 Å². The molecule has 15 heteroatoms. The average Bonchev–Trinajstić information content (AvgIpc) is 3.27. The van der Waals surface area contributed by atoms with Crippen LogP contribution in [0.4, 0.5) is 0 Å². The van der Waals surface area contributed by atoms with Crippen molar-refractivity contribution in [2.45, 2.75) is 103 Å². The van der Waals surface area contributed by atoms with Gasteiger partial charge < -0.3 is 47.1 Å². The molecule has 0 aliphatic carbocycles. The minimum absolute atomic E-state index is 0.0972. The number of nitrogens with zero attached hydrogens (tertiary/aromatic N) is 3. The molecule has 4 aromatic carbocycles. The molecule has 3 heterocycles. The molecule has 2 aliphatic rings. The van der Waals surface area contributed by atoms with E-state index >= 15 is 0 Å². The van der Waals surface area contributed by atoms with Crippen molar-refractivity contribution >= 4 is 23.6 Å². The minimum Gasteiger partial charge on any atom is -0.508 e. The summed E-state index contributed by atoms with van der Waals surface area (Å²) >= 11 is 0. The lowest BCUT2D eigenvalue weighted by Crippen LogP contribution is -2.57. The van der Waals surface area contributed by atoms with Gasteiger partial charge in [-0.25, -0.2) is 0 Å². The number of hydrogen-bond donors (Lipinski definition) is 7. The number of aromatic hydroxyl groups is 2. The zero-order valence-corrected chi connectivity index (χ0v) is 37.3. The van der Waals surface area contributed by atoms with Gasteiger partial charge in [-0.1, -0.05) is 48.5 Å². The Morgan fingerprint density at radius 3 is 1.49 bits per heavy atom. The Hall–Kier alpha value is -6.84. The van der Waals surface area contributed by atoms with E-state index < -0.39 is 29.7 Å². The third-order valence-corrected chi connectivity index (χ3v) is 12.8.